The number of carbonyl (C=O) groups is 1. The van der Waals surface area contributed by atoms with Crippen molar-refractivity contribution in [1.82, 2.24) is 9.88 Å². The molecule has 0 saturated heterocycles. The monoisotopic (exact) mass is 452 g/mol. The molecule has 32 heavy (non-hydrogen) atoms. The first-order valence-corrected chi connectivity index (χ1v) is 11.5. The predicted molar refractivity (Wildman–Crippen MR) is 131 cm³/mol. The number of likely N-dealkylation sites (N-methyl/N-ethyl adjacent to an activating group) is 1. The quantitative estimate of drug-likeness (QED) is 0.253. The van der Waals surface area contributed by atoms with Gasteiger partial charge in [-0.1, -0.05) is 31.3 Å². The molecule has 168 valence electrons. The topological polar surface area (TPSA) is 79.6 Å². The normalized spacial score (nSPS) is 11.5. The molecule has 1 aromatic heterocycles. The summed E-state index contributed by atoms with van der Waals surface area (Å²) in [6.45, 7) is 11.4. The number of anilines is 1. The first-order valence-electron chi connectivity index (χ1n) is 10.7. The number of hydrogen-bond acceptors (Lipinski definition) is 6. The van der Waals surface area contributed by atoms with Gasteiger partial charge in [-0.25, -0.2) is 4.98 Å². The summed E-state index contributed by atoms with van der Waals surface area (Å²) in [5, 5.41) is 11.5. The Labute approximate surface area is 192 Å². The number of rotatable bonds is 9. The minimum atomic E-state index is -0.440. The van der Waals surface area contributed by atoms with Gasteiger partial charge in [-0.15, -0.1) is 0 Å². The van der Waals surface area contributed by atoms with Crippen molar-refractivity contribution in [1.29, 1.82) is 0 Å². The van der Waals surface area contributed by atoms with Crippen molar-refractivity contribution in [3.05, 3.63) is 69.3 Å². The summed E-state index contributed by atoms with van der Waals surface area (Å²) in [5.74, 6) is -0.163. The smallest absolute Gasteiger partial charge is 0.269 e. The lowest BCUT2D eigenvalue weighted by molar-refractivity contribution is -0.384. The molecule has 0 atom stereocenters. The maximum absolute atomic E-state index is 13.2. The van der Waals surface area contributed by atoms with Crippen LogP contribution in [0, 0.1) is 24.0 Å². The second-order valence-corrected chi connectivity index (χ2v) is 8.56. The van der Waals surface area contributed by atoms with Crippen molar-refractivity contribution in [2.24, 2.45) is 0 Å². The van der Waals surface area contributed by atoms with Gasteiger partial charge in [0.15, 0.2) is 5.13 Å². The van der Waals surface area contributed by atoms with Gasteiger partial charge in [0, 0.05) is 31.3 Å². The summed E-state index contributed by atoms with van der Waals surface area (Å²) in [5.41, 5.74) is 3.99. The second-order valence-electron chi connectivity index (χ2n) is 7.55. The highest BCUT2D eigenvalue weighted by Crippen LogP contribution is 2.32. The highest BCUT2D eigenvalue weighted by Gasteiger charge is 2.19. The highest BCUT2D eigenvalue weighted by atomic mass is 32.1. The van der Waals surface area contributed by atoms with Crippen LogP contribution in [0.5, 0.6) is 0 Å². The van der Waals surface area contributed by atoms with E-state index in [1.807, 2.05) is 0 Å². The third-order valence-electron chi connectivity index (χ3n) is 5.63. The largest absolute Gasteiger partial charge is 0.302 e. The van der Waals surface area contributed by atoms with Crippen molar-refractivity contribution in [2.75, 3.05) is 31.1 Å². The van der Waals surface area contributed by atoms with E-state index in [4.69, 9.17) is 4.98 Å². The van der Waals surface area contributed by atoms with E-state index in [9.17, 15) is 14.9 Å². The van der Waals surface area contributed by atoms with Crippen LogP contribution in [0.3, 0.4) is 0 Å². The zero-order valence-corrected chi connectivity index (χ0v) is 19.7. The standard InChI is InChI=1S/C24H28N4O3S/c1-5-26(6-2)15-16-27(24-25-23-18(4)17(3)7-13-21(23)32-24)22(29)14-10-19-8-11-20(12-9-19)28(30)31/h7-14H,5-6,15-16H2,1-4H3. The number of aryl methyl sites for hydroxylation is 2. The molecule has 0 N–H and O–H groups in total. The number of nitro benzene ring substituents is 1. The number of aromatic nitrogens is 1. The molecular formula is C24H28N4O3S. The van der Waals surface area contributed by atoms with Crippen LogP contribution in [0.25, 0.3) is 16.3 Å². The zero-order chi connectivity index (χ0) is 23.3. The van der Waals surface area contributed by atoms with Crippen LogP contribution in [-0.4, -0.2) is 46.9 Å². The van der Waals surface area contributed by atoms with Crippen molar-refractivity contribution in [3.8, 4) is 0 Å². The Hall–Kier alpha value is -3.10. The van der Waals surface area contributed by atoms with E-state index < -0.39 is 4.92 Å². The van der Waals surface area contributed by atoms with Crippen molar-refractivity contribution in [2.45, 2.75) is 27.7 Å². The lowest BCUT2D eigenvalue weighted by Crippen LogP contribution is -2.38. The van der Waals surface area contributed by atoms with E-state index in [0.717, 1.165) is 41.0 Å². The number of thiazole rings is 1. The number of carbonyl (C=O) groups excluding carboxylic acids is 1. The van der Waals surface area contributed by atoms with Gasteiger partial charge >= 0.3 is 0 Å². The number of nitro groups is 1. The molecule has 0 aliphatic carbocycles. The minimum Gasteiger partial charge on any atom is -0.302 e. The molecule has 7 nitrogen and oxygen atoms in total. The summed E-state index contributed by atoms with van der Waals surface area (Å²) in [6.07, 6.45) is 3.19. The molecule has 3 rings (SSSR count). The van der Waals surface area contributed by atoms with E-state index in [1.54, 1.807) is 23.1 Å². The third kappa shape index (κ3) is 5.38. The molecule has 8 heteroatoms. The average Bonchev–Trinajstić information content (AvgIpc) is 3.22. The number of non-ortho nitro benzene ring substituents is 1. The Balaban J connectivity index is 1.88. The Bertz CT molecular complexity index is 1130. The van der Waals surface area contributed by atoms with Gasteiger partial charge in [0.05, 0.1) is 15.1 Å². The fraction of sp³-hybridized carbons (Fsp3) is 0.333. The van der Waals surface area contributed by atoms with E-state index in [1.165, 1.54) is 35.1 Å². The number of nitrogens with zero attached hydrogens (tertiary/aromatic N) is 4. The molecular weight excluding hydrogens is 424 g/mol. The van der Waals surface area contributed by atoms with Crippen molar-refractivity contribution < 1.29 is 9.72 Å². The summed E-state index contributed by atoms with van der Waals surface area (Å²) in [7, 11) is 0. The van der Waals surface area contributed by atoms with Gasteiger partial charge in [0.1, 0.15) is 0 Å². The molecule has 0 saturated carbocycles. The van der Waals surface area contributed by atoms with Crippen LogP contribution < -0.4 is 4.90 Å². The van der Waals surface area contributed by atoms with Crippen LogP contribution >= 0.6 is 11.3 Å². The summed E-state index contributed by atoms with van der Waals surface area (Å²) < 4.78 is 1.06. The van der Waals surface area contributed by atoms with E-state index in [2.05, 4.69) is 44.7 Å². The molecule has 1 amide bonds. The first kappa shape index (κ1) is 23.6. The van der Waals surface area contributed by atoms with Crippen molar-refractivity contribution in [3.63, 3.8) is 0 Å². The summed E-state index contributed by atoms with van der Waals surface area (Å²) >= 11 is 1.52. The Morgan fingerprint density at radius 1 is 1.09 bits per heavy atom. The Kier molecular flexibility index (Phi) is 7.71. The zero-order valence-electron chi connectivity index (χ0n) is 18.9. The molecule has 0 unspecified atom stereocenters. The maximum atomic E-state index is 13.2. The van der Waals surface area contributed by atoms with Gasteiger partial charge in [-0.3, -0.25) is 19.8 Å². The molecule has 0 fully saturated rings. The molecule has 0 aliphatic heterocycles. The fourth-order valence-corrected chi connectivity index (χ4v) is 4.43. The fourth-order valence-electron chi connectivity index (χ4n) is 3.38. The third-order valence-corrected chi connectivity index (χ3v) is 6.67. The molecule has 2 aromatic carbocycles. The Morgan fingerprint density at radius 3 is 2.41 bits per heavy atom. The van der Waals surface area contributed by atoms with Crippen LogP contribution in [0.4, 0.5) is 10.8 Å². The molecule has 1 heterocycles. The average molecular weight is 453 g/mol. The SMILES string of the molecule is CCN(CC)CCN(C(=O)C=Cc1ccc([N+](=O)[O-])cc1)c1nc2c(C)c(C)ccc2s1. The molecule has 0 radical (unpaired) electrons. The van der Waals surface area contributed by atoms with Gasteiger partial charge in [0.25, 0.3) is 11.6 Å². The van der Waals surface area contributed by atoms with Gasteiger partial charge in [0.2, 0.25) is 0 Å². The number of fused-ring (bicyclic) bond motifs is 1. The van der Waals surface area contributed by atoms with Gasteiger partial charge < -0.3 is 4.90 Å². The van der Waals surface area contributed by atoms with Crippen LogP contribution in [-0.2, 0) is 4.79 Å². The van der Waals surface area contributed by atoms with E-state index >= 15 is 0 Å². The van der Waals surface area contributed by atoms with Crippen LogP contribution in [0.15, 0.2) is 42.5 Å². The number of amides is 1. The minimum absolute atomic E-state index is 0.0227. The Morgan fingerprint density at radius 2 is 1.78 bits per heavy atom. The first-order chi connectivity index (χ1) is 15.3. The van der Waals surface area contributed by atoms with Crippen LogP contribution in [0.2, 0.25) is 0 Å². The number of hydrogen-bond donors (Lipinski definition) is 0. The lowest BCUT2D eigenvalue weighted by atomic mass is 10.1. The molecule has 0 bridgehead atoms. The van der Waals surface area contributed by atoms with Crippen molar-refractivity contribution >= 4 is 44.4 Å². The molecule has 3 aromatic rings. The maximum Gasteiger partial charge on any atom is 0.269 e. The lowest BCUT2D eigenvalue weighted by Gasteiger charge is -2.23. The highest BCUT2D eigenvalue weighted by molar-refractivity contribution is 7.22. The van der Waals surface area contributed by atoms with E-state index in [-0.39, 0.29) is 11.6 Å². The summed E-state index contributed by atoms with van der Waals surface area (Å²) in [4.78, 5) is 32.4. The van der Waals surface area contributed by atoms with E-state index in [0.29, 0.717) is 11.7 Å². The predicted octanol–water partition coefficient (Wildman–Crippen LogP) is 5.21. The van der Waals surface area contributed by atoms with Crippen LogP contribution in [0.1, 0.15) is 30.5 Å². The molecule has 0 spiro atoms. The summed E-state index contributed by atoms with van der Waals surface area (Å²) in [6, 6.07) is 10.3. The molecule has 0 aliphatic rings. The van der Waals surface area contributed by atoms with Gasteiger partial charge in [-0.05, 0) is 67.9 Å². The number of benzene rings is 2. The second kappa shape index (κ2) is 10.5. The van der Waals surface area contributed by atoms with Gasteiger partial charge in [-0.2, -0.15) is 0 Å².